The van der Waals surface area contributed by atoms with E-state index in [0.717, 1.165) is 17.1 Å². The van der Waals surface area contributed by atoms with Crippen LogP contribution in [0.4, 0.5) is 11.6 Å². The van der Waals surface area contributed by atoms with E-state index in [2.05, 4.69) is 20.3 Å². The smallest absolute Gasteiger partial charge is 0.322 e. The van der Waals surface area contributed by atoms with Crippen LogP contribution in [0.1, 0.15) is 17.0 Å². The molecule has 5 heteroatoms. The Morgan fingerprint density at radius 1 is 1.11 bits per heavy atom. The van der Waals surface area contributed by atoms with Gasteiger partial charge in [-0.15, -0.1) is 9.97 Å². The molecule has 0 saturated carbocycles. The van der Waals surface area contributed by atoms with Crippen LogP contribution in [0.5, 0.6) is 0 Å². The van der Waals surface area contributed by atoms with Crippen LogP contribution in [-0.4, -0.2) is 15.9 Å². The summed E-state index contributed by atoms with van der Waals surface area (Å²) in [7, 11) is 0. The summed E-state index contributed by atoms with van der Waals surface area (Å²) in [6, 6.07) is 9.87. The number of guanidine groups is 1. The SMILES string of the molecule is Cc1cccc(NC(N)=[NH+]c2nc(C)cc(C)n2)c1. The Kier molecular flexibility index (Phi) is 3.75. The second-order valence-corrected chi connectivity index (χ2v) is 4.51. The minimum absolute atomic E-state index is 0.399. The Hall–Kier alpha value is -2.43. The number of nitrogens with zero attached hydrogens (tertiary/aromatic N) is 2. The maximum absolute atomic E-state index is 5.90. The van der Waals surface area contributed by atoms with Crippen molar-refractivity contribution in [1.29, 1.82) is 0 Å². The van der Waals surface area contributed by atoms with Gasteiger partial charge in [-0.05, 0) is 38.5 Å². The average Bonchev–Trinajstić information content (AvgIpc) is 2.26. The first-order valence-electron chi connectivity index (χ1n) is 6.08. The fourth-order valence-electron chi connectivity index (χ4n) is 1.81. The van der Waals surface area contributed by atoms with E-state index in [-0.39, 0.29) is 0 Å². The molecule has 1 heterocycles. The molecule has 1 aromatic carbocycles. The van der Waals surface area contributed by atoms with Crippen molar-refractivity contribution < 1.29 is 4.99 Å². The van der Waals surface area contributed by atoms with Crippen molar-refractivity contribution in [1.82, 2.24) is 9.97 Å². The van der Waals surface area contributed by atoms with E-state index in [1.165, 1.54) is 5.56 Å². The summed E-state index contributed by atoms with van der Waals surface area (Å²) in [4.78, 5) is 11.5. The van der Waals surface area contributed by atoms with Gasteiger partial charge in [0.25, 0.3) is 5.96 Å². The summed E-state index contributed by atoms with van der Waals surface area (Å²) < 4.78 is 0. The maximum Gasteiger partial charge on any atom is 0.354 e. The monoisotopic (exact) mass is 256 g/mol. The normalized spacial score (nSPS) is 11.4. The molecule has 2 rings (SSSR count). The van der Waals surface area contributed by atoms with E-state index in [9.17, 15) is 0 Å². The van der Waals surface area contributed by atoms with Gasteiger partial charge in [0.05, 0.1) is 17.1 Å². The first kappa shape index (κ1) is 13.0. The summed E-state index contributed by atoms with van der Waals surface area (Å²) in [5, 5.41) is 3.07. The Morgan fingerprint density at radius 3 is 2.42 bits per heavy atom. The molecule has 4 N–H and O–H groups in total. The Labute approximate surface area is 112 Å². The number of rotatable bonds is 2. The zero-order chi connectivity index (χ0) is 13.8. The van der Waals surface area contributed by atoms with Crippen LogP contribution in [0.2, 0.25) is 0 Å². The molecule has 2 aromatic rings. The van der Waals surface area contributed by atoms with E-state index in [1.807, 2.05) is 51.1 Å². The van der Waals surface area contributed by atoms with Crippen LogP contribution in [0.3, 0.4) is 0 Å². The van der Waals surface area contributed by atoms with Crippen LogP contribution < -0.4 is 16.0 Å². The van der Waals surface area contributed by atoms with E-state index >= 15 is 0 Å². The van der Waals surface area contributed by atoms with Gasteiger partial charge in [-0.25, -0.2) is 4.99 Å². The van der Waals surface area contributed by atoms with Gasteiger partial charge in [0.2, 0.25) is 0 Å². The van der Waals surface area contributed by atoms with Gasteiger partial charge in [0, 0.05) is 6.07 Å². The lowest BCUT2D eigenvalue weighted by Gasteiger charge is -2.02. The molecule has 0 unspecified atom stereocenters. The van der Waals surface area contributed by atoms with Crippen molar-refractivity contribution in [3.63, 3.8) is 0 Å². The predicted octanol–water partition coefficient (Wildman–Crippen LogP) is 0.541. The third-order valence-electron chi connectivity index (χ3n) is 2.53. The third kappa shape index (κ3) is 3.77. The van der Waals surface area contributed by atoms with Crippen LogP contribution >= 0.6 is 0 Å². The van der Waals surface area contributed by atoms with Gasteiger partial charge in [0.15, 0.2) is 0 Å². The Balaban J connectivity index is 2.19. The van der Waals surface area contributed by atoms with Gasteiger partial charge in [-0.3, -0.25) is 5.32 Å². The molecule has 98 valence electrons. The van der Waals surface area contributed by atoms with Crippen molar-refractivity contribution in [3.8, 4) is 0 Å². The van der Waals surface area contributed by atoms with Crippen LogP contribution in [0.15, 0.2) is 30.3 Å². The lowest BCUT2D eigenvalue weighted by molar-refractivity contribution is -0.365. The number of hydrogen-bond donors (Lipinski definition) is 3. The van der Waals surface area contributed by atoms with E-state index in [1.54, 1.807) is 0 Å². The standard InChI is InChI=1S/C14H17N5/c1-9-5-4-6-12(7-9)18-13(15)19-14-16-10(2)8-11(3)17-14/h4-8H,1-3H3,(H3,15,16,17,18,19)/p+1. The molecule has 1 aromatic heterocycles. The first-order chi connectivity index (χ1) is 9.02. The summed E-state index contributed by atoms with van der Waals surface area (Å²) in [5.74, 6) is 0.894. The van der Waals surface area contributed by atoms with Crippen LogP contribution in [0.25, 0.3) is 0 Å². The Morgan fingerprint density at radius 2 is 1.79 bits per heavy atom. The molecular weight excluding hydrogens is 238 g/mol. The topological polar surface area (TPSA) is 77.8 Å². The number of nitrogens with one attached hydrogen (secondary N) is 2. The minimum atomic E-state index is 0.399. The molecule has 0 aliphatic rings. The maximum atomic E-state index is 5.90. The zero-order valence-electron chi connectivity index (χ0n) is 11.4. The highest BCUT2D eigenvalue weighted by Crippen LogP contribution is 2.08. The largest absolute Gasteiger partial charge is 0.354 e. The lowest BCUT2D eigenvalue weighted by atomic mass is 10.2. The summed E-state index contributed by atoms with van der Waals surface area (Å²) in [6.07, 6.45) is 0. The highest BCUT2D eigenvalue weighted by molar-refractivity contribution is 5.88. The first-order valence-corrected chi connectivity index (χ1v) is 6.08. The molecule has 0 radical (unpaired) electrons. The van der Waals surface area contributed by atoms with E-state index in [4.69, 9.17) is 5.73 Å². The van der Waals surface area contributed by atoms with Crippen molar-refractivity contribution >= 4 is 17.6 Å². The second kappa shape index (κ2) is 5.48. The van der Waals surface area contributed by atoms with Crippen molar-refractivity contribution in [2.45, 2.75) is 20.8 Å². The molecule has 0 fully saturated rings. The number of benzene rings is 1. The molecule has 0 amide bonds. The number of aryl methyl sites for hydroxylation is 3. The van der Waals surface area contributed by atoms with E-state index in [0.29, 0.717) is 11.9 Å². The number of anilines is 1. The Bertz CT molecular complexity index is 599. The van der Waals surface area contributed by atoms with Gasteiger partial charge in [-0.2, -0.15) is 0 Å². The molecule has 19 heavy (non-hydrogen) atoms. The molecule has 0 bridgehead atoms. The molecule has 0 saturated heterocycles. The van der Waals surface area contributed by atoms with Gasteiger partial charge >= 0.3 is 5.95 Å². The number of hydrogen-bond acceptors (Lipinski definition) is 2. The fourth-order valence-corrected chi connectivity index (χ4v) is 1.81. The van der Waals surface area contributed by atoms with E-state index < -0.39 is 0 Å². The minimum Gasteiger partial charge on any atom is -0.322 e. The van der Waals surface area contributed by atoms with Crippen LogP contribution in [0, 0.1) is 20.8 Å². The van der Waals surface area contributed by atoms with Gasteiger partial charge < -0.3 is 5.73 Å². The van der Waals surface area contributed by atoms with Crippen molar-refractivity contribution in [2.24, 2.45) is 5.73 Å². The predicted molar refractivity (Wildman–Crippen MR) is 76.1 cm³/mol. The molecule has 0 atom stereocenters. The molecule has 0 aliphatic carbocycles. The zero-order valence-corrected chi connectivity index (χ0v) is 11.4. The summed E-state index contributed by atoms with van der Waals surface area (Å²) in [6.45, 7) is 5.87. The molecule has 0 aliphatic heterocycles. The fraction of sp³-hybridized carbons (Fsp3) is 0.214. The number of nitrogens with two attached hydrogens (primary N) is 1. The van der Waals surface area contributed by atoms with Gasteiger partial charge in [-0.1, -0.05) is 12.1 Å². The third-order valence-corrected chi connectivity index (χ3v) is 2.53. The highest BCUT2D eigenvalue weighted by atomic mass is 15.2. The van der Waals surface area contributed by atoms with Crippen LogP contribution in [-0.2, 0) is 0 Å². The summed E-state index contributed by atoms with van der Waals surface area (Å²) >= 11 is 0. The number of aromatic nitrogens is 2. The second-order valence-electron chi connectivity index (χ2n) is 4.51. The quantitative estimate of drug-likeness (QED) is 0.541. The lowest BCUT2D eigenvalue weighted by Crippen LogP contribution is -2.72. The van der Waals surface area contributed by atoms with Crippen molar-refractivity contribution in [2.75, 3.05) is 5.32 Å². The van der Waals surface area contributed by atoms with Crippen molar-refractivity contribution in [3.05, 3.63) is 47.3 Å². The highest BCUT2D eigenvalue weighted by Gasteiger charge is 2.05. The average molecular weight is 256 g/mol. The molecule has 0 spiro atoms. The van der Waals surface area contributed by atoms with Gasteiger partial charge in [0.1, 0.15) is 0 Å². The summed E-state index contributed by atoms with van der Waals surface area (Å²) in [5.41, 5.74) is 9.80. The molecule has 5 nitrogen and oxygen atoms in total. The molecular formula is C14H18N5+.